The van der Waals surface area contributed by atoms with Crippen LogP contribution in [0.2, 0.25) is 0 Å². The van der Waals surface area contributed by atoms with Gasteiger partial charge in [0.1, 0.15) is 11.6 Å². The van der Waals surface area contributed by atoms with Crippen molar-refractivity contribution in [1.29, 1.82) is 0 Å². The van der Waals surface area contributed by atoms with E-state index in [0.717, 1.165) is 6.42 Å². The first-order chi connectivity index (χ1) is 14.4. The lowest BCUT2D eigenvalue weighted by Crippen LogP contribution is -2.39. The highest BCUT2D eigenvalue weighted by Gasteiger charge is 2.39. The second-order valence-corrected chi connectivity index (χ2v) is 8.90. The number of rotatable bonds is 5. The number of hydrogen-bond acceptors (Lipinski definition) is 5. The molecule has 4 rings (SSSR count). The van der Waals surface area contributed by atoms with Crippen LogP contribution in [0.15, 0.2) is 59.6 Å². The molecular weight excluding hydrogens is 411 g/mol. The van der Waals surface area contributed by atoms with Crippen LogP contribution < -0.4 is 0 Å². The Morgan fingerprint density at radius 2 is 1.97 bits per heavy atom. The molecule has 30 heavy (non-hydrogen) atoms. The maximum atomic E-state index is 13.5. The highest BCUT2D eigenvalue weighted by molar-refractivity contribution is 7.89. The average molecular weight is 430 g/mol. The van der Waals surface area contributed by atoms with Crippen LogP contribution in [0.25, 0.3) is 11.3 Å². The Labute approximate surface area is 172 Å². The van der Waals surface area contributed by atoms with Crippen LogP contribution in [0.5, 0.6) is 0 Å². The number of sulfonamides is 1. The van der Waals surface area contributed by atoms with Crippen LogP contribution in [-0.4, -0.2) is 34.2 Å². The predicted molar refractivity (Wildman–Crippen MR) is 108 cm³/mol. The van der Waals surface area contributed by atoms with Gasteiger partial charge in [-0.15, -0.1) is 0 Å². The van der Waals surface area contributed by atoms with E-state index in [2.05, 4.69) is 9.97 Å². The lowest BCUT2D eigenvalue weighted by molar-refractivity contribution is -0.387. The zero-order chi connectivity index (χ0) is 21.3. The third-order valence-corrected chi connectivity index (χ3v) is 7.10. The van der Waals surface area contributed by atoms with Crippen LogP contribution in [0, 0.1) is 15.9 Å². The molecule has 2 aromatic carbocycles. The molecule has 10 heteroatoms. The Bertz CT molecular complexity index is 1190. The topological polar surface area (TPSA) is 109 Å². The van der Waals surface area contributed by atoms with Crippen molar-refractivity contribution in [3.05, 3.63) is 76.5 Å². The van der Waals surface area contributed by atoms with Crippen molar-refractivity contribution in [3.63, 3.8) is 0 Å². The number of nitro groups is 1. The lowest BCUT2D eigenvalue weighted by Gasteiger charge is -2.33. The first-order valence-corrected chi connectivity index (χ1v) is 10.9. The van der Waals surface area contributed by atoms with E-state index in [4.69, 9.17) is 0 Å². The van der Waals surface area contributed by atoms with E-state index in [9.17, 15) is 22.9 Å². The number of nitro benzene ring substituents is 1. The quantitative estimate of drug-likeness (QED) is 0.485. The van der Waals surface area contributed by atoms with Crippen molar-refractivity contribution in [2.75, 3.05) is 6.54 Å². The molecule has 0 radical (unpaired) electrons. The number of hydrogen-bond donors (Lipinski definition) is 1. The number of nitrogens with one attached hydrogen (secondary N) is 1. The molecule has 0 saturated carbocycles. The number of aromatic nitrogens is 2. The summed E-state index contributed by atoms with van der Waals surface area (Å²) in [5.74, 6) is 0.0398. The highest BCUT2D eigenvalue weighted by Crippen LogP contribution is 2.37. The smallest absolute Gasteiger partial charge is 0.289 e. The van der Waals surface area contributed by atoms with Gasteiger partial charge >= 0.3 is 0 Å². The lowest BCUT2D eigenvalue weighted by atomic mass is 10.0. The molecule has 3 aromatic rings. The minimum Gasteiger partial charge on any atom is -0.341 e. The number of imidazole rings is 1. The second kappa shape index (κ2) is 7.96. The van der Waals surface area contributed by atoms with Gasteiger partial charge in [-0.1, -0.05) is 30.7 Å². The Morgan fingerprint density at radius 1 is 1.17 bits per heavy atom. The van der Waals surface area contributed by atoms with Gasteiger partial charge < -0.3 is 4.98 Å². The molecule has 0 unspecified atom stereocenters. The number of aromatic amines is 1. The molecule has 1 aliphatic heterocycles. The molecule has 8 nitrogen and oxygen atoms in total. The highest BCUT2D eigenvalue weighted by atomic mass is 32.2. The summed E-state index contributed by atoms with van der Waals surface area (Å²) in [6.45, 7) is 0.231. The van der Waals surface area contributed by atoms with Gasteiger partial charge in [-0.05, 0) is 31.0 Å². The molecule has 0 bridgehead atoms. The van der Waals surface area contributed by atoms with E-state index in [-0.39, 0.29) is 17.3 Å². The van der Waals surface area contributed by atoms with E-state index in [1.807, 2.05) is 0 Å². The maximum absolute atomic E-state index is 13.5. The average Bonchev–Trinajstić information content (AvgIpc) is 3.24. The number of piperidine rings is 1. The molecule has 1 fully saturated rings. The van der Waals surface area contributed by atoms with Gasteiger partial charge in [-0.3, -0.25) is 10.1 Å². The molecular formula is C20H19FN4O4S. The zero-order valence-corrected chi connectivity index (χ0v) is 16.7. The Balaban J connectivity index is 1.72. The van der Waals surface area contributed by atoms with Crippen molar-refractivity contribution < 1.29 is 17.7 Å². The minimum atomic E-state index is -4.13. The van der Waals surface area contributed by atoms with E-state index < -0.39 is 26.7 Å². The summed E-state index contributed by atoms with van der Waals surface area (Å²) in [5, 5.41) is 11.4. The number of benzene rings is 2. The van der Waals surface area contributed by atoms with Crippen molar-refractivity contribution in [1.82, 2.24) is 14.3 Å². The summed E-state index contributed by atoms with van der Waals surface area (Å²) in [4.78, 5) is 17.8. The Kier molecular flexibility index (Phi) is 5.35. The number of halogens is 1. The zero-order valence-electron chi connectivity index (χ0n) is 15.9. The summed E-state index contributed by atoms with van der Waals surface area (Å²) in [5.41, 5.74) is 0.706. The van der Waals surface area contributed by atoms with Gasteiger partial charge in [0.25, 0.3) is 15.7 Å². The molecule has 0 aliphatic carbocycles. The van der Waals surface area contributed by atoms with Crippen molar-refractivity contribution >= 4 is 15.7 Å². The SMILES string of the molecule is O=[N+]([O-])c1ccccc1S(=O)(=O)N1CCCC[C@H]1c1ncc(-c2cccc(F)c2)[nH]1. The fourth-order valence-corrected chi connectivity index (χ4v) is 5.55. The van der Waals surface area contributed by atoms with Crippen molar-refractivity contribution in [2.24, 2.45) is 0 Å². The molecule has 1 aromatic heterocycles. The van der Waals surface area contributed by atoms with E-state index >= 15 is 0 Å². The van der Waals surface area contributed by atoms with Crippen LogP contribution in [0.1, 0.15) is 31.1 Å². The van der Waals surface area contributed by atoms with Gasteiger partial charge in [0.05, 0.1) is 22.9 Å². The minimum absolute atomic E-state index is 0.231. The Hall–Kier alpha value is -3.11. The molecule has 0 spiro atoms. The molecule has 1 N–H and O–H groups in total. The number of para-hydroxylation sites is 1. The summed E-state index contributed by atoms with van der Waals surface area (Å²) < 4.78 is 41.5. The monoisotopic (exact) mass is 430 g/mol. The molecule has 1 saturated heterocycles. The summed E-state index contributed by atoms with van der Waals surface area (Å²) in [6, 6.07) is 10.7. The first-order valence-electron chi connectivity index (χ1n) is 9.44. The van der Waals surface area contributed by atoms with Crippen LogP contribution in [0.4, 0.5) is 10.1 Å². The summed E-state index contributed by atoms with van der Waals surface area (Å²) in [7, 11) is -4.13. The van der Waals surface area contributed by atoms with Crippen molar-refractivity contribution in [2.45, 2.75) is 30.2 Å². The number of nitrogens with zero attached hydrogens (tertiary/aromatic N) is 3. The van der Waals surface area contributed by atoms with E-state index in [1.54, 1.807) is 12.1 Å². The van der Waals surface area contributed by atoms with E-state index in [1.165, 1.54) is 46.9 Å². The second-order valence-electron chi connectivity index (χ2n) is 7.04. The predicted octanol–water partition coefficient (Wildman–Crippen LogP) is 4.04. The van der Waals surface area contributed by atoms with Gasteiger partial charge in [-0.2, -0.15) is 4.31 Å². The molecule has 156 valence electrons. The first kappa shape index (κ1) is 20.2. The standard InChI is InChI=1S/C20H19FN4O4S/c21-15-7-5-6-14(12-15)16-13-22-20(23-16)18-9-3-4-11-24(18)30(28,29)19-10-2-1-8-17(19)25(26)27/h1-2,5-8,10,12-13,18H,3-4,9,11H2,(H,22,23)/t18-/m0/s1. The van der Waals surface area contributed by atoms with Crippen molar-refractivity contribution in [3.8, 4) is 11.3 Å². The van der Waals surface area contributed by atoms with Crippen LogP contribution >= 0.6 is 0 Å². The third kappa shape index (κ3) is 3.71. The molecule has 0 amide bonds. The largest absolute Gasteiger partial charge is 0.341 e. The van der Waals surface area contributed by atoms with Gasteiger partial charge in [0, 0.05) is 18.2 Å². The van der Waals surface area contributed by atoms with Crippen LogP contribution in [0.3, 0.4) is 0 Å². The fraction of sp³-hybridized carbons (Fsp3) is 0.250. The fourth-order valence-electron chi connectivity index (χ4n) is 3.73. The molecule has 2 heterocycles. The summed E-state index contributed by atoms with van der Waals surface area (Å²) >= 11 is 0. The molecule has 1 aliphatic rings. The van der Waals surface area contributed by atoms with Gasteiger partial charge in [0.2, 0.25) is 0 Å². The van der Waals surface area contributed by atoms with E-state index in [0.29, 0.717) is 29.9 Å². The Morgan fingerprint density at radius 3 is 2.73 bits per heavy atom. The van der Waals surface area contributed by atoms with Gasteiger partial charge in [0.15, 0.2) is 4.90 Å². The number of H-pyrrole nitrogens is 1. The van der Waals surface area contributed by atoms with Crippen LogP contribution in [-0.2, 0) is 10.0 Å². The molecule has 1 atom stereocenters. The summed E-state index contributed by atoms with van der Waals surface area (Å²) in [6.07, 6.45) is 3.50. The van der Waals surface area contributed by atoms with Gasteiger partial charge in [-0.25, -0.2) is 17.8 Å². The normalized spacial score (nSPS) is 17.7. The maximum Gasteiger partial charge on any atom is 0.289 e. The third-order valence-electron chi connectivity index (χ3n) is 5.15.